The molecule has 1 aromatic heterocycles. The third-order valence-electron chi connectivity index (χ3n) is 5.36. The van der Waals surface area contributed by atoms with E-state index >= 15 is 0 Å². The number of hydrogen-bond acceptors (Lipinski definition) is 3. The lowest BCUT2D eigenvalue weighted by Crippen LogP contribution is -2.51. The first kappa shape index (κ1) is 23.7. The predicted molar refractivity (Wildman–Crippen MR) is 131 cm³/mol. The van der Waals surface area contributed by atoms with Gasteiger partial charge in [-0.15, -0.1) is 24.0 Å². The topological polar surface area (TPSA) is 57.5 Å². The van der Waals surface area contributed by atoms with Crippen LogP contribution in [0.2, 0.25) is 0 Å². The Morgan fingerprint density at radius 1 is 1.24 bits per heavy atom. The van der Waals surface area contributed by atoms with Gasteiger partial charge in [0, 0.05) is 51.7 Å². The number of nitrogens with one attached hydrogen (secondary N) is 2. The molecule has 0 aliphatic carbocycles. The number of aryl methyl sites for hydroxylation is 2. The van der Waals surface area contributed by atoms with Crippen LogP contribution in [0.15, 0.2) is 47.7 Å². The van der Waals surface area contributed by atoms with Gasteiger partial charge in [-0.3, -0.25) is 9.89 Å². The first-order valence-electron chi connectivity index (χ1n) is 10.5. The molecule has 29 heavy (non-hydrogen) atoms. The Labute approximate surface area is 192 Å². The summed E-state index contributed by atoms with van der Waals surface area (Å²) >= 11 is 0. The van der Waals surface area contributed by atoms with Crippen molar-refractivity contribution in [1.29, 1.82) is 0 Å². The SMILES string of the molecule is CN=C(NCCCCn1ccnc1C)NC1CCCN(Cc2ccccc2)C1.I. The molecule has 2 heterocycles. The van der Waals surface area contributed by atoms with Crippen LogP contribution in [0.5, 0.6) is 0 Å². The molecule has 7 heteroatoms. The minimum absolute atomic E-state index is 0. The van der Waals surface area contributed by atoms with Crippen molar-refractivity contribution >= 4 is 29.9 Å². The summed E-state index contributed by atoms with van der Waals surface area (Å²) in [6.45, 7) is 7.28. The molecule has 0 bridgehead atoms. The van der Waals surface area contributed by atoms with E-state index in [1.165, 1.54) is 24.9 Å². The fourth-order valence-corrected chi connectivity index (χ4v) is 3.80. The summed E-state index contributed by atoms with van der Waals surface area (Å²) in [5.41, 5.74) is 1.39. The first-order chi connectivity index (χ1) is 13.7. The van der Waals surface area contributed by atoms with Crippen molar-refractivity contribution in [3.8, 4) is 0 Å². The minimum Gasteiger partial charge on any atom is -0.356 e. The lowest BCUT2D eigenvalue weighted by atomic mass is 10.0. The monoisotopic (exact) mass is 510 g/mol. The van der Waals surface area contributed by atoms with Gasteiger partial charge in [0.25, 0.3) is 0 Å². The van der Waals surface area contributed by atoms with Crippen molar-refractivity contribution in [2.45, 2.75) is 51.7 Å². The molecule has 0 saturated carbocycles. The van der Waals surface area contributed by atoms with Crippen LogP contribution in [-0.4, -0.2) is 53.1 Å². The Bertz CT molecular complexity index is 730. The van der Waals surface area contributed by atoms with Gasteiger partial charge in [0.2, 0.25) is 0 Å². The molecule has 0 amide bonds. The fraction of sp³-hybridized carbons (Fsp3) is 0.545. The highest BCUT2D eigenvalue weighted by Crippen LogP contribution is 2.13. The van der Waals surface area contributed by atoms with Crippen LogP contribution in [0.25, 0.3) is 0 Å². The highest BCUT2D eigenvalue weighted by atomic mass is 127. The summed E-state index contributed by atoms with van der Waals surface area (Å²) in [5.74, 6) is 2.01. The molecule has 160 valence electrons. The number of halogens is 1. The van der Waals surface area contributed by atoms with Crippen LogP contribution in [0, 0.1) is 6.92 Å². The fourth-order valence-electron chi connectivity index (χ4n) is 3.80. The molecule has 2 N–H and O–H groups in total. The van der Waals surface area contributed by atoms with Gasteiger partial charge < -0.3 is 15.2 Å². The number of hydrogen-bond donors (Lipinski definition) is 2. The zero-order valence-corrected chi connectivity index (χ0v) is 20.0. The van der Waals surface area contributed by atoms with E-state index in [1.807, 2.05) is 19.4 Å². The van der Waals surface area contributed by atoms with Crippen molar-refractivity contribution in [1.82, 2.24) is 25.1 Å². The summed E-state index contributed by atoms with van der Waals surface area (Å²) in [4.78, 5) is 11.2. The molecule has 1 atom stereocenters. The van der Waals surface area contributed by atoms with E-state index in [0.717, 1.165) is 50.8 Å². The summed E-state index contributed by atoms with van der Waals surface area (Å²) in [6, 6.07) is 11.2. The van der Waals surface area contributed by atoms with E-state index in [-0.39, 0.29) is 24.0 Å². The lowest BCUT2D eigenvalue weighted by molar-refractivity contribution is 0.192. The zero-order valence-electron chi connectivity index (χ0n) is 17.7. The average Bonchev–Trinajstić information content (AvgIpc) is 3.12. The summed E-state index contributed by atoms with van der Waals surface area (Å²) in [6.07, 6.45) is 8.59. The number of aromatic nitrogens is 2. The Morgan fingerprint density at radius 3 is 2.79 bits per heavy atom. The van der Waals surface area contributed by atoms with E-state index in [4.69, 9.17) is 0 Å². The number of piperidine rings is 1. The number of guanidine groups is 1. The number of imidazole rings is 1. The molecular formula is C22H35IN6. The standard InChI is InChI=1S/C22H34N6.HI/c1-19-24-13-16-28(19)15-7-6-12-25-22(23-2)26-21-11-8-14-27(18-21)17-20-9-4-3-5-10-20;/h3-5,9-10,13,16,21H,6-8,11-12,14-15,17-18H2,1-2H3,(H2,23,25,26);1H. The van der Waals surface area contributed by atoms with Gasteiger partial charge in [0.1, 0.15) is 5.82 Å². The van der Waals surface area contributed by atoms with Gasteiger partial charge in [-0.1, -0.05) is 30.3 Å². The number of nitrogens with zero attached hydrogens (tertiary/aromatic N) is 4. The van der Waals surface area contributed by atoms with E-state index in [2.05, 4.69) is 67.3 Å². The molecule has 2 aromatic rings. The van der Waals surface area contributed by atoms with Crippen LogP contribution in [0.3, 0.4) is 0 Å². The molecule has 1 aliphatic heterocycles. The van der Waals surface area contributed by atoms with Crippen molar-refractivity contribution in [2.75, 3.05) is 26.7 Å². The second-order valence-corrected chi connectivity index (χ2v) is 7.58. The minimum atomic E-state index is 0. The maximum absolute atomic E-state index is 4.41. The largest absolute Gasteiger partial charge is 0.356 e. The Hall–Kier alpha value is -1.61. The quantitative estimate of drug-likeness (QED) is 0.247. The second kappa shape index (κ2) is 12.8. The molecule has 6 nitrogen and oxygen atoms in total. The second-order valence-electron chi connectivity index (χ2n) is 7.58. The van der Waals surface area contributed by atoms with Gasteiger partial charge in [-0.2, -0.15) is 0 Å². The molecule has 0 spiro atoms. The van der Waals surface area contributed by atoms with Gasteiger partial charge in [0.05, 0.1) is 0 Å². The molecular weight excluding hydrogens is 475 g/mol. The van der Waals surface area contributed by atoms with E-state index in [0.29, 0.717) is 6.04 Å². The number of unbranched alkanes of at least 4 members (excludes halogenated alkanes) is 1. The highest BCUT2D eigenvalue weighted by Gasteiger charge is 2.20. The maximum atomic E-state index is 4.41. The van der Waals surface area contributed by atoms with E-state index in [1.54, 1.807) is 0 Å². The number of benzene rings is 1. The summed E-state index contributed by atoms with van der Waals surface area (Å²) in [5, 5.41) is 7.09. The molecule has 1 aliphatic rings. The summed E-state index contributed by atoms with van der Waals surface area (Å²) in [7, 11) is 1.86. The zero-order chi connectivity index (χ0) is 19.6. The predicted octanol–water partition coefficient (Wildman–Crippen LogP) is 3.42. The molecule has 0 radical (unpaired) electrons. The van der Waals surface area contributed by atoms with Gasteiger partial charge >= 0.3 is 0 Å². The third kappa shape index (κ3) is 7.97. The Kier molecular flexibility index (Phi) is 10.5. The first-order valence-corrected chi connectivity index (χ1v) is 10.5. The molecule has 3 rings (SSSR count). The molecule has 1 unspecified atom stereocenters. The molecule has 1 saturated heterocycles. The van der Waals surface area contributed by atoms with Crippen LogP contribution in [-0.2, 0) is 13.1 Å². The van der Waals surface area contributed by atoms with Crippen molar-refractivity contribution in [3.63, 3.8) is 0 Å². The molecule has 1 fully saturated rings. The van der Waals surface area contributed by atoms with Crippen molar-refractivity contribution in [2.24, 2.45) is 4.99 Å². The van der Waals surface area contributed by atoms with Gasteiger partial charge in [0.15, 0.2) is 5.96 Å². The maximum Gasteiger partial charge on any atom is 0.191 e. The summed E-state index contributed by atoms with van der Waals surface area (Å²) < 4.78 is 2.20. The third-order valence-corrected chi connectivity index (χ3v) is 5.36. The van der Waals surface area contributed by atoms with E-state index < -0.39 is 0 Å². The molecule has 1 aromatic carbocycles. The van der Waals surface area contributed by atoms with Crippen molar-refractivity contribution < 1.29 is 0 Å². The number of likely N-dealkylation sites (tertiary alicyclic amines) is 1. The normalized spacial score (nSPS) is 17.6. The number of aliphatic imine (C=N–C) groups is 1. The van der Waals surface area contributed by atoms with Crippen LogP contribution >= 0.6 is 24.0 Å². The van der Waals surface area contributed by atoms with Crippen LogP contribution in [0.4, 0.5) is 0 Å². The van der Waals surface area contributed by atoms with Gasteiger partial charge in [-0.25, -0.2) is 4.98 Å². The van der Waals surface area contributed by atoms with Crippen LogP contribution in [0.1, 0.15) is 37.1 Å². The number of rotatable bonds is 8. The Morgan fingerprint density at radius 2 is 2.07 bits per heavy atom. The Balaban J connectivity index is 0.00000300. The average molecular weight is 510 g/mol. The smallest absolute Gasteiger partial charge is 0.191 e. The van der Waals surface area contributed by atoms with E-state index in [9.17, 15) is 0 Å². The van der Waals surface area contributed by atoms with Gasteiger partial charge in [-0.05, 0) is 44.7 Å². The van der Waals surface area contributed by atoms with Crippen LogP contribution < -0.4 is 10.6 Å². The highest BCUT2D eigenvalue weighted by molar-refractivity contribution is 14.0. The lowest BCUT2D eigenvalue weighted by Gasteiger charge is -2.34. The van der Waals surface area contributed by atoms with Crippen molar-refractivity contribution in [3.05, 3.63) is 54.1 Å².